The molecule has 9 atom stereocenters. The van der Waals surface area contributed by atoms with E-state index in [2.05, 4.69) is 20.8 Å². The maximum Gasteiger partial charge on any atom is 0.124 e. The van der Waals surface area contributed by atoms with E-state index < -0.39 is 6.10 Å². The molecule has 0 amide bonds. The monoisotopic (exact) mass is 466 g/mol. The summed E-state index contributed by atoms with van der Waals surface area (Å²) in [6, 6.07) is 7.94. The molecule has 2 heteroatoms. The van der Waals surface area contributed by atoms with E-state index in [4.69, 9.17) is 4.74 Å². The molecule has 1 unspecified atom stereocenters. The predicted molar refractivity (Wildman–Crippen MR) is 141 cm³/mol. The molecule has 34 heavy (non-hydrogen) atoms. The van der Waals surface area contributed by atoms with E-state index in [1.54, 1.807) is 7.11 Å². The summed E-state index contributed by atoms with van der Waals surface area (Å²) in [5.41, 5.74) is 2.15. The average molecular weight is 467 g/mol. The van der Waals surface area contributed by atoms with Crippen LogP contribution in [0.15, 0.2) is 24.3 Å². The zero-order valence-electron chi connectivity index (χ0n) is 22.4. The van der Waals surface area contributed by atoms with Crippen LogP contribution in [-0.4, -0.2) is 12.2 Å². The number of hydrogen-bond donors (Lipinski definition) is 1. The lowest BCUT2D eigenvalue weighted by molar-refractivity contribution is -0.114. The Bertz CT molecular complexity index is 834. The lowest BCUT2D eigenvalue weighted by atomic mass is 9.44. The van der Waals surface area contributed by atoms with E-state index >= 15 is 0 Å². The Morgan fingerprint density at radius 2 is 1.71 bits per heavy atom. The first-order valence-corrected chi connectivity index (χ1v) is 14.7. The molecule has 0 spiro atoms. The van der Waals surface area contributed by atoms with Crippen molar-refractivity contribution < 1.29 is 9.84 Å². The summed E-state index contributed by atoms with van der Waals surface area (Å²) in [5, 5.41) is 10.8. The van der Waals surface area contributed by atoms with Gasteiger partial charge >= 0.3 is 0 Å². The van der Waals surface area contributed by atoms with Crippen molar-refractivity contribution in [1.29, 1.82) is 0 Å². The van der Waals surface area contributed by atoms with E-state index in [0.29, 0.717) is 10.8 Å². The molecular weight excluding hydrogens is 416 g/mol. The molecule has 4 aliphatic carbocycles. The normalized spacial score (nSPS) is 41.1. The maximum atomic E-state index is 10.8. The molecule has 0 aliphatic heterocycles. The molecule has 190 valence electrons. The Morgan fingerprint density at radius 3 is 2.53 bits per heavy atom. The summed E-state index contributed by atoms with van der Waals surface area (Å²) in [5.74, 6) is 6.46. The first kappa shape index (κ1) is 24.7. The van der Waals surface area contributed by atoms with Crippen molar-refractivity contribution in [3.8, 4) is 5.75 Å². The van der Waals surface area contributed by atoms with Crippen molar-refractivity contribution in [3.63, 3.8) is 0 Å². The molecule has 0 heterocycles. The van der Waals surface area contributed by atoms with E-state index in [0.717, 1.165) is 59.7 Å². The highest BCUT2D eigenvalue weighted by Gasteiger charge is 2.60. The van der Waals surface area contributed by atoms with Gasteiger partial charge in [-0.05, 0) is 110 Å². The van der Waals surface area contributed by atoms with Crippen molar-refractivity contribution >= 4 is 0 Å². The summed E-state index contributed by atoms with van der Waals surface area (Å²) in [7, 11) is 1.70. The highest BCUT2D eigenvalue weighted by molar-refractivity contribution is 5.34. The van der Waals surface area contributed by atoms with Crippen LogP contribution in [0.1, 0.15) is 116 Å². The van der Waals surface area contributed by atoms with Crippen molar-refractivity contribution in [3.05, 3.63) is 29.8 Å². The SMILES string of the molecule is COc1ccccc1C(O)CCC[C@@H](C)[C@H]1CC[C@H]2[C@@H]3CC[C@H]4CCCC[C@]4(C)[C@H]3CC[C@]12C. The number of ether oxygens (including phenoxy) is 1. The van der Waals surface area contributed by atoms with Crippen molar-refractivity contribution in [2.45, 2.75) is 110 Å². The first-order chi connectivity index (χ1) is 16.4. The van der Waals surface area contributed by atoms with Gasteiger partial charge in [-0.15, -0.1) is 0 Å². The summed E-state index contributed by atoms with van der Waals surface area (Å²) in [6.45, 7) is 7.93. The molecule has 0 aromatic heterocycles. The summed E-state index contributed by atoms with van der Waals surface area (Å²) >= 11 is 0. The Hall–Kier alpha value is -1.02. The summed E-state index contributed by atoms with van der Waals surface area (Å²) < 4.78 is 5.47. The van der Waals surface area contributed by atoms with Gasteiger partial charge in [-0.1, -0.05) is 64.7 Å². The number of benzene rings is 1. The van der Waals surface area contributed by atoms with Gasteiger partial charge in [0.05, 0.1) is 13.2 Å². The lowest BCUT2D eigenvalue weighted by Gasteiger charge is -2.61. The second kappa shape index (κ2) is 9.79. The Balaban J connectivity index is 1.20. The fourth-order valence-corrected chi connectivity index (χ4v) is 10.2. The fourth-order valence-electron chi connectivity index (χ4n) is 10.2. The molecule has 2 nitrogen and oxygen atoms in total. The lowest BCUT2D eigenvalue weighted by Crippen LogP contribution is -2.53. The van der Waals surface area contributed by atoms with Gasteiger partial charge in [0.1, 0.15) is 5.75 Å². The Labute approximate surface area is 209 Å². The third-order valence-corrected chi connectivity index (χ3v) is 12.0. The third kappa shape index (κ3) is 4.14. The third-order valence-electron chi connectivity index (χ3n) is 12.0. The molecule has 1 N–H and O–H groups in total. The quantitative estimate of drug-likeness (QED) is 0.436. The van der Waals surface area contributed by atoms with Gasteiger partial charge in [0.2, 0.25) is 0 Å². The van der Waals surface area contributed by atoms with Crippen molar-refractivity contribution in [1.82, 2.24) is 0 Å². The highest BCUT2D eigenvalue weighted by atomic mass is 16.5. The molecule has 4 saturated carbocycles. The second-order valence-electron chi connectivity index (χ2n) is 13.3. The van der Waals surface area contributed by atoms with Gasteiger partial charge in [0.15, 0.2) is 0 Å². The van der Waals surface area contributed by atoms with Crippen LogP contribution >= 0.6 is 0 Å². The van der Waals surface area contributed by atoms with Crippen molar-refractivity contribution in [2.75, 3.05) is 7.11 Å². The van der Waals surface area contributed by atoms with Crippen LogP contribution in [0.5, 0.6) is 5.75 Å². The topological polar surface area (TPSA) is 29.5 Å². The number of methoxy groups -OCH3 is 1. The zero-order chi connectivity index (χ0) is 23.9. The molecule has 1 aromatic rings. The van der Waals surface area contributed by atoms with Crippen LogP contribution in [0.4, 0.5) is 0 Å². The van der Waals surface area contributed by atoms with Gasteiger partial charge in [0, 0.05) is 5.56 Å². The summed E-state index contributed by atoms with van der Waals surface area (Å²) in [6.07, 6.45) is 17.7. The average Bonchev–Trinajstić information content (AvgIpc) is 3.20. The van der Waals surface area contributed by atoms with Crippen LogP contribution in [-0.2, 0) is 0 Å². The number of para-hydroxylation sites is 1. The van der Waals surface area contributed by atoms with E-state index in [1.165, 1.54) is 70.6 Å². The first-order valence-electron chi connectivity index (χ1n) is 14.7. The standard InChI is InChI=1S/C32H50O2/c1-22(10-9-13-29(33)25-12-5-6-14-30(25)34-4)26-17-18-27-24-16-15-23-11-7-8-20-31(23,2)28(24)19-21-32(26,27)3/h5-6,12,14,22-24,26-29,33H,7-11,13,15-21H2,1-4H3/t22-,23-,24+,26-,27+,28+,29?,31+,32-/m1/s1. The minimum absolute atomic E-state index is 0.419. The number of rotatable bonds is 7. The van der Waals surface area contributed by atoms with E-state index in [9.17, 15) is 5.11 Å². The molecule has 0 radical (unpaired) electrons. The molecule has 5 rings (SSSR count). The van der Waals surface area contributed by atoms with Gasteiger partial charge < -0.3 is 9.84 Å². The molecule has 0 saturated heterocycles. The molecule has 1 aromatic carbocycles. The van der Waals surface area contributed by atoms with Gasteiger partial charge in [-0.2, -0.15) is 0 Å². The Morgan fingerprint density at radius 1 is 0.912 bits per heavy atom. The zero-order valence-corrected chi connectivity index (χ0v) is 22.4. The number of fused-ring (bicyclic) bond motifs is 5. The fraction of sp³-hybridized carbons (Fsp3) is 0.812. The minimum atomic E-state index is -0.419. The number of hydrogen-bond acceptors (Lipinski definition) is 2. The van der Waals surface area contributed by atoms with Crippen LogP contribution in [0.25, 0.3) is 0 Å². The predicted octanol–water partition coefficient (Wildman–Crippen LogP) is 8.58. The highest BCUT2D eigenvalue weighted by Crippen LogP contribution is 2.68. The Kier molecular flexibility index (Phi) is 7.11. The molecule has 4 fully saturated rings. The number of aliphatic hydroxyl groups is 1. The van der Waals surface area contributed by atoms with Crippen LogP contribution in [0.3, 0.4) is 0 Å². The van der Waals surface area contributed by atoms with Gasteiger partial charge in [0.25, 0.3) is 0 Å². The summed E-state index contributed by atoms with van der Waals surface area (Å²) in [4.78, 5) is 0. The van der Waals surface area contributed by atoms with E-state index in [-0.39, 0.29) is 0 Å². The number of aliphatic hydroxyl groups excluding tert-OH is 1. The minimum Gasteiger partial charge on any atom is -0.496 e. The smallest absolute Gasteiger partial charge is 0.124 e. The van der Waals surface area contributed by atoms with E-state index in [1.807, 2.05) is 24.3 Å². The molecular formula is C32H50O2. The second-order valence-corrected chi connectivity index (χ2v) is 13.3. The molecule has 0 bridgehead atoms. The van der Waals surface area contributed by atoms with Crippen LogP contribution in [0, 0.1) is 46.3 Å². The van der Waals surface area contributed by atoms with Crippen LogP contribution in [0.2, 0.25) is 0 Å². The van der Waals surface area contributed by atoms with Crippen molar-refractivity contribution in [2.24, 2.45) is 46.3 Å². The van der Waals surface area contributed by atoms with Crippen LogP contribution < -0.4 is 4.74 Å². The van der Waals surface area contributed by atoms with Gasteiger partial charge in [-0.3, -0.25) is 0 Å². The maximum absolute atomic E-state index is 10.8. The van der Waals surface area contributed by atoms with Gasteiger partial charge in [-0.25, -0.2) is 0 Å². The molecule has 4 aliphatic rings. The largest absolute Gasteiger partial charge is 0.496 e.